The first-order valence-electron chi connectivity index (χ1n) is 7.44. The average molecular weight is 464 g/mol. The summed E-state index contributed by atoms with van der Waals surface area (Å²) in [6.45, 7) is 3.37. The number of aryl methyl sites for hydroxylation is 2. The van der Waals surface area contributed by atoms with Crippen LogP contribution in [0.5, 0.6) is 0 Å². The van der Waals surface area contributed by atoms with E-state index in [1.165, 1.54) is 6.07 Å². The van der Waals surface area contributed by atoms with Gasteiger partial charge in [0, 0.05) is 12.4 Å². The third kappa shape index (κ3) is 6.05. The van der Waals surface area contributed by atoms with Crippen LogP contribution < -0.4 is 5.73 Å². The molecule has 8 heteroatoms. The van der Waals surface area contributed by atoms with E-state index in [4.69, 9.17) is 5.73 Å². The molecular formula is C18H18AgN3O3S. The molecule has 0 fully saturated rings. The SMILES string of the molecule is Cc1cc(C)c(N)c(S(=O)(=O)[O-])c1.[Ag+].c1ccc(-c2ccccn2)nc1. The molecule has 0 unspecified atom stereocenters. The number of nitrogen functional groups attached to an aromatic ring is 1. The van der Waals surface area contributed by atoms with Crippen molar-refractivity contribution in [1.82, 2.24) is 9.97 Å². The van der Waals surface area contributed by atoms with E-state index in [0.29, 0.717) is 11.1 Å². The zero-order chi connectivity index (χ0) is 18.4. The van der Waals surface area contributed by atoms with Gasteiger partial charge >= 0.3 is 22.4 Å². The molecule has 0 aliphatic heterocycles. The number of nitrogens with two attached hydrogens (primary N) is 1. The van der Waals surface area contributed by atoms with Gasteiger partial charge < -0.3 is 10.3 Å². The largest absolute Gasteiger partial charge is 1.00 e. The molecule has 2 heterocycles. The molecular weight excluding hydrogens is 446 g/mol. The van der Waals surface area contributed by atoms with Crippen molar-refractivity contribution in [2.45, 2.75) is 18.7 Å². The van der Waals surface area contributed by atoms with Crippen LogP contribution in [0.4, 0.5) is 5.69 Å². The molecule has 0 aliphatic carbocycles. The molecule has 2 aromatic heterocycles. The molecule has 0 amide bonds. The summed E-state index contributed by atoms with van der Waals surface area (Å²) in [5, 5.41) is 0. The first-order chi connectivity index (χ1) is 11.8. The third-order valence-electron chi connectivity index (χ3n) is 3.35. The summed E-state index contributed by atoms with van der Waals surface area (Å²) in [6, 6.07) is 14.6. The molecule has 3 aromatic rings. The number of rotatable bonds is 2. The number of hydrogen-bond donors (Lipinski definition) is 1. The fourth-order valence-electron chi connectivity index (χ4n) is 2.18. The molecule has 140 valence electrons. The molecule has 26 heavy (non-hydrogen) atoms. The van der Waals surface area contributed by atoms with E-state index < -0.39 is 10.1 Å². The number of anilines is 1. The Morgan fingerprint density at radius 1 is 0.923 bits per heavy atom. The summed E-state index contributed by atoms with van der Waals surface area (Å²) in [4.78, 5) is 8.04. The molecule has 0 radical (unpaired) electrons. The van der Waals surface area contributed by atoms with Crippen molar-refractivity contribution in [3.8, 4) is 11.4 Å². The normalized spacial score (nSPS) is 10.3. The van der Waals surface area contributed by atoms with Crippen molar-refractivity contribution < 1.29 is 35.4 Å². The molecule has 0 saturated heterocycles. The van der Waals surface area contributed by atoms with E-state index in [0.717, 1.165) is 11.4 Å². The van der Waals surface area contributed by atoms with Gasteiger partial charge in [-0.3, -0.25) is 9.97 Å². The Morgan fingerprint density at radius 2 is 1.42 bits per heavy atom. The summed E-state index contributed by atoms with van der Waals surface area (Å²) in [6.07, 6.45) is 3.54. The fourth-order valence-corrected chi connectivity index (χ4v) is 2.94. The first-order valence-corrected chi connectivity index (χ1v) is 8.85. The van der Waals surface area contributed by atoms with E-state index in [-0.39, 0.29) is 33.0 Å². The van der Waals surface area contributed by atoms with Crippen LogP contribution in [0.15, 0.2) is 65.8 Å². The van der Waals surface area contributed by atoms with Crippen molar-refractivity contribution >= 4 is 15.8 Å². The van der Waals surface area contributed by atoms with Crippen LogP contribution in [0, 0.1) is 13.8 Å². The first kappa shape index (κ1) is 22.0. The third-order valence-corrected chi connectivity index (χ3v) is 4.23. The summed E-state index contributed by atoms with van der Waals surface area (Å²) in [5.74, 6) is 0. The predicted molar refractivity (Wildman–Crippen MR) is 95.8 cm³/mol. The van der Waals surface area contributed by atoms with Crippen molar-refractivity contribution in [3.05, 3.63) is 72.1 Å². The van der Waals surface area contributed by atoms with Crippen LogP contribution in [0.2, 0.25) is 0 Å². The van der Waals surface area contributed by atoms with Gasteiger partial charge in [0.2, 0.25) is 0 Å². The summed E-state index contributed by atoms with van der Waals surface area (Å²) < 4.78 is 32.2. The van der Waals surface area contributed by atoms with Gasteiger partial charge in [-0.05, 0) is 55.3 Å². The number of benzene rings is 1. The van der Waals surface area contributed by atoms with Crippen LogP contribution in [0.1, 0.15) is 11.1 Å². The molecule has 6 nitrogen and oxygen atoms in total. The fraction of sp³-hybridized carbons (Fsp3) is 0.111. The van der Waals surface area contributed by atoms with Gasteiger partial charge in [0.15, 0.2) is 0 Å². The molecule has 0 aliphatic rings. The number of nitrogens with zero attached hydrogens (tertiary/aromatic N) is 2. The van der Waals surface area contributed by atoms with Crippen LogP contribution in [0.3, 0.4) is 0 Å². The summed E-state index contributed by atoms with van der Waals surface area (Å²) in [7, 11) is -4.45. The van der Waals surface area contributed by atoms with Gasteiger partial charge in [-0.25, -0.2) is 8.42 Å². The second-order valence-electron chi connectivity index (χ2n) is 5.38. The topological polar surface area (TPSA) is 109 Å². The maximum atomic E-state index is 10.7. The Balaban J connectivity index is 0.000000251. The zero-order valence-electron chi connectivity index (χ0n) is 14.2. The predicted octanol–water partition coefficient (Wildman–Crippen LogP) is 2.93. The van der Waals surface area contributed by atoms with Gasteiger partial charge in [-0.15, -0.1) is 0 Å². The van der Waals surface area contributed by atoms with E-state index in [1.807, 2.05) is 36.4 Å². The molecule has 0 saturated carbocycles. The second kappa shape index (κ2) is 9.61. The molecule has 0 spiro atoms. The monoisotopic (exact) mass is 463 g/mol. The summed E-state index contributed by atoms with van der Waals surface area (Å²) in [5.41, 5.74) is 8.65. The van der Waals surface area contributed by atoms with E-state index >= 15 is 0 Å². The Labute approximate surface area is 168 Å². The Hall–Kier alpha value is -2.03. The zero-order valence-corrected chi connectivity index (χ0v) is 16.5. The smallest absolute Gasteiger partial charge is 0.744 e. The minimum absolute atomic E-state index is 0. The quantitative estimate of drug-likeness (QED) is 0.355. The second-order valence-corrected chi connectivity index (χ2v) is 6.73. The number of aromatic nitrogens is 2. The Bertz CT molecular complexity index is 913. The van der Waals surface area contributed by atoms with Crippen molar-refractivity contribution in [1.29, 1.82) is 0 Å². The molecule has 2 N–H and O–H groups in total. The minimum Gasteiger partial charge on any atom is -0.744 e. The van der Waals surface area contributed by atoms with Crippen LogP contribution >= 0.6 is 0 Å². The average Bonchev–Trinajstić information content (AvgIpc) is 2.59. The van der Waals surface area contributed by atoms with E-state index in [9.17, 15) is 13.0 Å². The van der Waals surface area contributed by atoms with Crippen molar-refractivity contribution in [2.24, 2.45) is 0 Å². The molecule has 0 bridgehead atoms. The Kier molecular flexibility index (Phi) is 8.13. The minimum atomic E-state index is -4.45. The van der Waals surface area contributed by atoms with Crippen LogP contribution in [-0.2, 0) is 32.5 Å². The van der Waals surface area contributed by atoms with Gasteiger partial charge in [-0.1, -0.05) is 18.2 Å². The van der Waals surface area contributed by atoms with Crippen molar-refractivity contribution in [2.75, 3.05) is 5.73 Å². The Morgan fingerprint density at radius 3 is 1.81 bits per heavy atom. The maximum Gasteiger partial charge on any atom is 1.00 e. The number of hydrogen-bond acceptors (Lipinski definition) is 6. The number of pyridine rings is 2. The summed E-state index contributed by atoms with van der Waals surface area (Å²) >= 11 is 0. The molecule has 0 atom stereocenters. The van der Waals surface area contributed by atoms with Crippen molar-refractivity contribution in [3.63, 3.8) is 0 Å². The van der Waals surface area contributed by atoms with E-state index in [2.05, 4.69) is 9.97 Å². The van der Waals surface area contributed by atoms with Crippen LogP contribution in [0.25, 0.3) is 11.4 Å². The van der Waals surface area contributed by atoms with Crippen LogP contribution in [-0.4, -0.2) is 22.9 Å². The van der Waals surface area contributed by atoms with Gasteiger partial charge in [0.1, 0.15) is 10.1 Å². The molecule has 1 aromatic carbocycles. The van der Waals surface area contributed by atoms with Gasteiger partial charge in [0.25, 0.3) is 0 Å². The van der Waals surface area contributed by atoms with Gasteiger partial charge in [0.05, 0.1) is 22.0 Å². The maximum absolute atomic E-state index is 10.7. The standard InChI is InChI=1S/C10H8N2.C8H11NO3S.Ag/c1-3-7-11-9(5-1)10-6-2-4-8-12-10;1-5-3-6(2)8(9)7(4-5)13(10,11)12;/h1-8H;3-4H,9H2,1-2H3,(H,10,11,12);/q;;+1/p-1. The van der Waals surface area contributed by atoms with E-state index in [1.54, 1.807) is 32.3 Å². The van der Waals surface area contributed by atoms with Gasteiger partial charge in [-0.2, -0.15) is 0 Å². The molecule has 3 rings (SSSR count).